The van der Waals surface area contributed by atoms with Crippen LogP contribution in [0, 0.1) is 10.1 Å². The van der Waals surface area contributed by atoms with Crippen LogP contribution in [0.2, 0.25) is 5.02 Å². The van der Waals surface area contributed by atoms with E-state index in [-0.39, 0.29) is 33.9 Å². The summed E-state index contributed by atoms with van der Waals surface area (Å²) >= 11 is 6.03. The molecule has 2 aromatic rings. The largest absolute Gasteiger partial charge is 0.495 e. The molecule has 1 N–H and O–H groups in total. The minimum absolute atomic E-state index is 0.0955. The van der Waals surface area contributed by atoms with Crippen molar-refractivity contribution in [2.75, 3.05) is 43.5 Å². The van der Waals surface area contributed by atoms with Gasteiger partial charge in [-0.2, -0.15) is 13.2 Å². The fraction of sp³-hybridized carbons (Fsp3) is 0.400. The molecule has 0 aliphatic carbocycles. The van der Waals surface area contributed by atoms with Crippen LogP contribution < -0.4 is 15.0 Å². The van der Waals surface area contributed by atoms with E-state index in [4.69, 9.17) is 16.3 Å². The van der Waals surface area contributed by atoms with Crippen molar-refractivity contribution >= 4 is 34.7 Å². The van der Waals surface area contributed by atoms with E-state index in [1.807, 2.05) is 4.90 Å². The average molecular weight is 488 g/mol. The predicted molar refractivity (Wildman–Crippen MR) is 116 cm³/mol. The van der Waals surface area contributed by atoms with Crippen LogP contribution in [0.3, 0.4) is 0 Å². The zero-order valence-electron chi connectivity index (χ0n) is 17.7. The number of methoxy groups -OCH3 is 1. The number of piperazine rings is 1. The molecule has 1 unspecified atom stereocenters. The summed E-state index contributed by atoms with van der Waals surface area (Å²) in [6.07, 6.45) is -3.78. The molecule has 1 aliphatic rings. The van der Waals surface area contributed by atoms with Gasteiger partial charge < -0.3 is 15.0 Å². The summed E-state index contributed by atoms with van der Waals surface area (Å²) in [5, 5.41) is 13.6. The first-order chi connectivity index (χ1) is 15.5. The van der Waals surface area contributed by atoms with Gasteiger partial charge in [-0.3, -0.25) is 19.8 Å². The maximum absolute atomic E-state index is 12.8. The number of nitro benzene ring substituents is 1. The fourth-order valence-electron chi connectivity index (χ4n) is 3.45. The lowest BCUT2D eigenvalue weighted by atomic mass is 10.2. The molecular formula is C20H21ClF3N5O4. The van der Waals surface area contributed by atoms with Gasteiger partial charge in [-0.05, 0) is 19.1 Å². The summed E-state index contributed by atoms with van der Waals surface area (Å²) in [7, 11) is 1.39. The van der Waals surface area contributed by atoms with Crippen LogP contribution in [0.1, 0.15) is 12.5 Å². The van der Waals surface area contributed by atoms with E-state index < -0.39 is 22.7 Å². The summed E-state index contributed by atoms with van der Waals surface area (Å²) < 4.78 is 43.6. The number of nitro groups is 1. The molecule has 1 amide bonds. The van der Waals surface area contributed by atoms with Gasteiger partial charge >= 0.3 is 6.18 Å². The summed E-state index contributed by atoms with van der Waals surface area (Å²) in [5.74, 6) is 0.157. The number of hydrogen-bond donors (Lipinski definition) is 1. The summed E-state index contributed by atoms with van der Waals surface area (Å²) in [4.78, 5) is 30.7. The molecule has 3 rings (SSSR count). The van der Waals surface area contributed by atoms with Gasteiger partial charge in [0.25, 0.3) is 5.69 Å². The third-order valence-corrected chi connectivity index (χ3v) is 5.62. The number of non-ortho nitro benzene ring substituents is 1. The number of carbonyl (C=O) groups excluding carboxylic acids is 1. The molecule has 1 fully saturated rings. The molecule has 2 heterocycles. The van der Waals surface area contributed by atoms with Crippen molar-refractivity contribution in [1.29, 1.82) is 0 Å². The van der Waals surface area contributed by atoms with Crippen LogP contribution in [0.25, 0.3) is 0 Å². The van der Waals surface area contributed by atoms with Crippen LogP contribution in [0.15, 0.2) is 30.5 Å². The third kappa shape index (κ3) is 5.63. The number of nitrogens with one attached hydrogen (secondary N) is 1. The van der Waals surface area contributed by atoms with Crippen molar-refractivity contribution in [2.24, 2.45) is 0 Å². The van der Waals surface area contributed by atoms with E-state index in [9.17, 15) is 28.1 Å². The van der Waals surface area contributed by atoms with Gasteiger partial charge in [-0.25, -0.2) is 4.98 Å². The van der Waals surface area contributed by atoms with E-state index in [2.05, 4.69) is 10.3 Å². The Morgan fingerprint density at radius 2 is 1.94 bits per heavy atom. The lowest BCUT2D eigenvalue weighted by Gasteiger charge is -2.38. The molecule has 0 radical (unpaired) electrons. The maximum Gasteiger partial charge on any atom is 0.417 e. The van der Waals surface area contributed by atoms with Crippen molar-refractivity contribution in [3.8, 4) is 5.75 Å². The topological polar surface area (TPSA) is 101 Å². The second-order valence-corrected chi connectivity index (χ2v) is 7.76. The number of amides is 1. The second kappa shape index (κ2) is 9.79. The first-order valence-corrected chi connectivity index (χ1v) is 10.2. The van der Waals surface area contributed by atoms with Gasteiger partial charge in [0, 0.05) is 44.5 Å². The number of anilines is 2. The van der Waals surface area contributed by atoms with Crippen LogP contribution in [-0.2, 0) is 11.0 Å². The Morgan fingerprint density at radius 1 is 1.27 bits per heavy atom. The maximum atomic E-state index is 12.8. The highest BCUT2D eigenvalue weighted by Gasteiger charge is 2.33. The van der Waals surface area contributed by atoms with Crippen LogP contribution >= 0.6 is 11.6 Å². The number of nitrogens with zero attached hydrogens (tertiary/aromatic N) is 4. The van der Waals surface area contributed by atoms with Crippen molar-refractivity contribution in [3.05, 3.63) is 51.2 Å². The molecule has 1 saturated heterocycles. The highest BCUT2D eigenvalue weighted by atomic mass is 35.5. The highest BCUT2D eigenvalue weighted by Crippen LogP contribution is 2.34. The molecule has 0 saturated carbocycles. The SMILES string of the molecule is COc1ccc([N+](=O)[O-])cc1NC(=O)C(C)N1CCN(c2ncc(C(F)(F)F)cc2Cl)CC1. The van der Waals surface area contributed by atoms with Crippen LogP contribution in [0.5, 0.6) is 5.75 Å². The van der Waals surface area contributed by atoms with Crippen LogP contribution in [0.4, 0.5) is 30.4 Å². The van der Waals surface area contributed by atoms with Gasteiger partial charge in [-0.15, -0.1) is 0 Å². The minimum Gasteiger partial charge on any atom is -0.495 e. The molecule has 178 valence electrons. The van der Waals surface area contributed by atoms with Gasteiger partial charge in [0.15, 0.2) is 0 Å². The lowest BCUT2D eigenvalue weighted by molar-refractivity contribution is -0.384. The zero-order chi connectivity index (χ0) is 24.3. The number of carbonyl (C=O) groups is 1. The number of rotatable bonds is 6. The predicted octanol–water partition coefficient (Wildman–Crippen LogP) is 3.82. The molecule has 9 nitrogen and oxygen atoms in total. The van der Waals surface area contributed by atoms with E-state index >= 15 is 0 Å². The van der Waals surface area contributed by atoms with E-state index in [1.165, 1.54) is 25.3 Å². The van der Waals surface area contributed by atoms with E-state index in [1.54, 1.807) is 11.8 Å². The average Bonchev–Trinajstić information content (AvgIpc) is 2.78. The van der Waals surface area contributed by atoms with Gasteiger partial charge in [0.1, 0.15) is 11.6 Å². The number of halogens is 4. The Kier molecular flexibility index (Phi) is 7.28. The van der Waals surface area contributed by atoms with Crippen LogP contribution in [-0.4, -0.2) is 60.0 Å². The number of ether oxygens (including phenoxy) is 1. The second-order valence-electron chi connectivity index (χ2n) is 7.36. The third-order valence-electron chi connectivity index (χ3n) is 5.34. The van der Waals surface area contributed by atoms with Crippen molar-refractivity contribution in [3.63, 3.8) is 0 Å². The van der Waals surface area contributed by atoms with E-state index in [0.29, 0.717) is 26.2 Å². The number of pyridine rings is 1. The molecule has 0 bridgehead atoms. The summed E-state index contributed by atoms with van der Waals surface area (Å²) in [6.45, 7) is 3.35. The molecule has 1 aliphatic heterocycles. The zero-order valence-corrected chi connectivity index (χ0v) is 18.5. The fourth-order valence-corrected chi connectivity index (χ4v) is 3.74. The number of hydrogen-bond acceptors (Lipinski definition) is 7. The van der Waals surface area contributed by atoms with Gasteiger partial charge in [-0.1, -0.05) is 11.6 Å². The minimum atomic E-state index is -4.53. The lowest BCUT2D eigenvalue weighted by Crippen LogP contribution is -2.53. The molecule has 13 heteroatoms. The number of aromatic nitrogens is 1. The first-order valence-electron chi connectivity index (χ1n) is 9.86. The summed E-state index contributed by atoms with van der Waals surface area (Å²) in [5.41, 5.74) is -0.923. The Bertz CT molecular complexity index is 1040. The van der Waals surface area contributed by atoms with Gasteiger partial charge in [0.2, 0.25) is 5.91 Å². The summed E-state index contributed by atoms with van der Waals surface area (Å²) in [6, 6.07) is 4.17. The Hall–Kier alpha value is -3.12. The quantitative estimate of drug-likeness (QED) is 0.488. The number of alkyl halides is 3. The smallest absolute Gasteiger partial charge is 0.417 e. The highest BCUT2D eigenvalue weighted by molar-refractivity contribution is 6.33. The van der Waals surface area contributed by atoms with Crippen molar-refractivity contribution in [2.45, 2.75) is 19.1 Å². The molecule has 33 heavy (non-hydrogen) atoms. The van der Waals surface area contributed by atoms with Crippen molar-refractivity contribution in [1.82, 2.24) is 9.88 Å². The molecule has 1 atom stereocenters. The molecule has 1 aromatic carbocycles. The Morgan fingerprint density at radius 3 is 2.48 bits per heavy atom. The normalized spacial score (nSPS) is 15.8. The monoisotopic (exact) mass is 487 g/mol. The Balaban J connectivity index is 1.64. The molecule has 1 aromatic heterocycles. The first kappa shape index (κ1) is 24.5. The van der Waals surface area contributed by atoms with Crippen molar-refractivity contribution < 1.29 is 27.6 Å². The van der Waals surface area contributed by atoms with Gasteiger partial charge in [0.05, 0.1) is 34.3 Å². The Labute approximate surface area is 192 Å². The standard InChI is InChI=1S/C20H21ClF3N5O4/c1-12(19(30)26-16-10-14(29(31)32)3-4-17(16)33-2)27-5-7-28(8-6-27)18-15(21)9-13(11-25-18)20(22,23)24/h3-4,9-12H,5-8H2,1-2H3,(H,26,30). The molecule has 0 spiro atoms. The van der Waals surface area contributed by atoms with E-state index in [0.717, 1.165) is 12.3 Å². The number of benzene rings is 1. The molecular weight excluding hydrogens is 467 g/mol.